The van der Waals surface area contributed by atoms with Crippen molar-refractivity contribution in [2.45, 2.75) is 64.7 Å². The number of hydrogen-bond donors (Lipinski definition) is 0. The Morgan fingerprint density at radius 3 is 2.06 bits per heavy atom. The van der Waals surface area contributed by atoms with E-state index in [4.69, 9.17) is 0 Å². The number of unbranched alkanes of at least 4 members (excludes halogenated alkanes) is 6. The van der Waals surface area contributed by atoms with Crippen molar-refractivity contribution >= 4 is 0 Å². The highest BCUT2D eigenvalue weighted by Gasteiger charge is 1.85. The van der Waals surface area contributed by atoms with Gasteiger partial charge in [0.25, 0.3) is 0 Å². The maximum atomic E-state index is 3.85. The van der Waals surface area contributed by atoms with E-state index in [2.05, 4.69) is 50.3 Å². The fourth-order valence-electron chi connectivity index (χ4n) is 1.62. The van der Waals surface area contributed by atoms with Crippen molar-refractivity contribution in [3.05, 3.63) is 43.4 Å². The molecule has 0 aromatic heterocycles. The summed E-state index contributed by atoms with van der Waals surface area (Å²) in [7, 11) is 0. The highest BCUT2D eigenvalue weighted by molar-refractivity contribution is 5.02. The average Bonchev–Trinajstić information content (AvgIpc) is 2.35. The van der Waals surface area contributed by atoms with Crippen LogP contribution in [-0.2, 0) is 0 Å². The predicted molar refractivity (Wildman–Crippen MR) is 80.0 cm³/mol. The van der Waals surface area contributed by atoms with Crippen LogP contribution in [0.4, 0.5) is 0 Å². The topological polar surface area (TPSA) is 0 Å². The van der Waals surface area contributed by atoms with Gasteiger partial charge in [0.2, 0.25) is 0 Å². The van der Waals surface area contributed by atoms with Crippen molar-refractivity contribution in [2.75, 3.05) is 0 Å². The van der Waals surface area contributed by atoms with E-state index < -0.39 is 0 Å². The van der Waals surface area contributed by atoms with Gasteiger partial charge in [-0.15, -0.1) is 0 Å². The molecule has 0 saturated carbocycles. The van der Waals surface area contributed by atoms with Gasteiger partial charge in [0.1, 0.15) is 0 Å². The molecule has 0 heteroatoms. The molecule has 0 bridgehead atoms. The molecule has 0 atom stereocenters. The highest BCUT2D eigenvalue weighted by atomic mass is 13.9. The molecular weight excluding hydrogens is 204 g/mol. The molecule has 0 aliphatic heterocycles. The van der Waals surface area contributed by atoms with Gasteiger partial charge in [0.15, 0.2) is 0 Å². The Hall–Kier alpha value is -0.780. The summed E-state index contributed by atoms with van der Waals surface area (Å²) in [6, 6.07) is 0. The molecule has 17 heavy (non-hydrogen) atoms. The van der Waals surface area contributed by atoms with Crippen LogP contribution in [-0.4, -0.2) is 0 Å². The Morgan fingerprint density at radius 2 is 1.35 bits per heavy atom. The van der Waals surface area contributed by atoms with Gasteiger partial charge in [-0.3, -0.25) is 0 Å². The molecule has 0 N–H and O–H groups in total. The van der Waals surface area contributed by atoms with Crippen LogP contribution in [0, 0.1) is 6.92 Å². The van der Waals surface area contributed by atoms with Crippen LogP contribution >= 0.6 is 0 Å². The van der Waals surface area contributed by atoms with Gasteiger partial charge in [-0.1, -0.05) is 76.0 Å². The third-order valence-electron chi connectivity index (χ3n) is 2.66. The zero-order valence-electron chi connectivity index (χ0n) is 11.5. The second-order valence-electron chi connectivity index (χ2n) is 4.37. The van der Waals surface area contributed by atoms with E-state index in [9.17, 15) is 0 Å². The molecule has 0 aliphatic carbocycles. The van der Waals surface area contributed by atoms with Crippen molar-refractivity contribution in [3.63, 3.8) is 0 Å². The molecule has 0 nitrogen and oxygen atoms in total. The van der Waals surface area contributed by atoms with Crippen molar-refractivity contribution in [1.29, 1.82) is 0 Å². The van der Waals surface area contributed by atoms with Gasteiger partial charge < -0.3 is 0 Å². The SMILES string of the molecule is [CH2]CCCCCCC=CC=CCCC=CCC. The zero-order chi connectivity index (χ0) is 12.6. The first-order valence-corrected chi connectivity index (χ1v) is 7.17. The summed E-state index contributed by atoms with van der Waals surface area (Å²) in [6.45, 7) is 6.02. The first kappa shape index (κ1) is 16.2. The molecule has 0 aromatic rings. The minimum absolute atomic E-state index is 1.09. The summed E-state index contributed by atoms with van der Waals surface area (Å²) in [4.78, 5) is 0. The largest absolute Gasteiger partial charge is 0.0888 e. The third-order valence-corrected chi connectivity index (χ3v) is 2.66. The predicted octanol–water partition coefficient (Wildman–Crippen LogP) is 6.02. The lowest BCUT2D eigenvalue weighted by molar-refractivity contribution is 0.651. The Morgan fingerprint density at radius 1 is 0.706 bits per heavy atom. The maximum absolute atomic E-state index is 3.85. The summed E-state index contributed by atoms with van der Waals surface area (Å²) < 4.78 is 0. The monoisotopic (exact) mass is 233 g/mol. The quantitative estimate of drug-likeness (QED) is 0.232. The number of allylic oxidation sites excluding steroid dienone is 6. The molecule has 0 heterocycles. The first-order chi connectivity index (χ1) is 8.41. The molecule has 0 unspecified atom stereocenters. The minimum Gasteiger partial charge on any atom is -0.0888 e. The normalized spacial score (nSPS) is 12.4. The van der Waals surface area contributed by atoms with Crippen molar-refractivity contribution < 1.29 is 0 Å². The molecule has 0 spiro atoms. The first-order valence-electron chi connectivity index (χ1n) is 7.17. The fourth-order valence-corrected chi connectivity index (χ4v) is 1.62. The lowest BCUT2D eigenvalue weighted by Gasteiger charge is -1.95. The Bertz CT molecular complexity index is 208. The van der Waals surface area contributed by atoms with Gasteiger partial charge in [-0.2, -0.15) is 0 Å². The Labute approximate surface area is 109 Å². The van der Waals surface area contributed by atoms with Crippen molar-refractivity contribution in [2.24, 2.45) is 0 Å². The average molecular weight is 233 g/mol. The van der Waals surface area contributed by atoms with E-state index in [1.807, 2.05) is 0 Å². The van der Waals surface area contributed by atoms with Crippen LogP contribution in [0.1, 0.15) is 64.7 Å². The number of rotatable bonds is 11. The molecule has 0 rings (SSSR count). The Balaban J connectivity index is 3.23. The molecule has 0 aromatic carbocycles. The summed E-state index contributed by atoms with van der Waals surface area (Å²) in [6.07, 6.45) is 24.5. The summed E-state index contributed by atoms with van der Waals surface area (Å²) >= 11 is 0. The molecule has 97 valence electrons. The maximum Gasteiger partial charge on any atom is -0.0313 e. The standard InChI is InChI=1S/C17H29/c1-3-5-7-9-11-13-15-17-16-14-12-10-8-6-4-2/h6,8,14-17H,1,3-5,7,9-13H2,2H3. The van der Waals surface area contributed by atoms with E-state index in [0.717, 1.165) is 19.3 Å². The van der Waals surface area contributed by atoms with E-state index in [0.29, 0.717) is 0 Å². The van der Waals surface area contributed by atoms with Gasteiger partial charge in [0.05, 0.1) is 0 Å². The zero-order valence-corrected chi connectivity index (χ0v) is 11.5. The summed E-state index contributed by atoms with van der Waals surface area (Å²) in [5.41, 5.74) is 0. The molecule has 0 amide bonds. The van der Waals surface area contributed by atoms with Crippen LogP contribution in [0.2, 0.25) is 0 Å². The summed E-state index contributed by atoms with van der Waals surface area (Å²) in [5, 5.41) is 0. The van der Waals surface area contributed by atoms with Gasteiger partial charge >= 0.3 is 0 Å². The van der Waals surface area contributed by atoms with E-state index in [-0.39, 0.29) is 0 Å². The van der Waals surface area contributed by atoms with E-state index in [1.165, 1.54) is 38.5 Å². The van der Waals surface area contributed by atoms with E-state index in [1.54, 1.807) is 0 Å². The lowest BCUT2D eigenvalue weighted by atomic mass is 10.1. The minimum atomic E-state index is 1.09. The van der Waals surface area contributed by atoms with Crippen LogP contribution in [0.15, 0.2) is 36.5 Å². The van der Waals surface area contributed by atoms with Crippen LogP contribution in [0.3, 0.4) is 0 Å². The van der Waals surface area contributed by atoms with Gasteiger partial charge in [-0.05, 0) is 32.1 Å². The van der Waals surface area contributed by atoms with Crippen molar-refractivity contribution in [3.8, 4) is 0 Å². The second kappa shape index (κ2) is 15.2. The smallest absolute Gasteiger partial charge is 0.0313 e. The van der Waals surface area contributed by atoms with Crippen LogP contribution in [0.25, 0.3) is 0 Å². The van der Waals surface area contributed by atoms with E-state index >= 15 is 0 Å². The van der Waals surface area contributed by atoms with Crippen LogP contribution < -0.4 is 0 Å². The number of hydrogen-bond acceptors (Lipinski definition) is 0. The Kier molecular flexibility index (Phi) is 14.5. The highest BCUT2D eigenvalue weighted by Crippen LogP contribution is 2.05. The lowest BCUT2D eigenvalue weighted by Crippen LogP contribution is -1.75. The van der Waals surface area contributed by atoms with Crippen molar-refractivity contribution in [1.82, 2.24) is 0 Å². The molecule has 1 radical (unpaired) electrons. The summed E-state index contributed by atoms with van der Waals surface area (Å²) in [5.74, 6) is 0. The van der Waals surface area contributed by atoms with Crippen LogP contribution in [0.5, 0.6) is 0 Å². The van der Waals surface area contributed by atoms with Gasteiger partial charge in [-0.25, -0.2) is 0 Å². The third kappa shape index (κ3) is 15.2. The molecule has 0 aliphatic rings. The van der Waals surface area contributed by atoms with Gasteiger partial charge in [0, 0.05) is 0 Å². The fraction of sp³-hybridized carbons (Fsp3) is 0.588. The molecule has 0 fully saturated rings. The second-order valence-corrected chi connectivity index (χ2v) is 4.37. The molecular formula is C17H29. The molecule has 0 saturated heterocycles.